The fraction of sp³-hybridized carbons (Fsp3) is 0.571. The van der Waals surface area contributed by atoms with Gasteiger partial charge in [0, 0.05) is 65.3 Å². The van der Waals surface area contributed by atoms with Gasteiger partial charge in [-0.25, -0.2) is 9.59 Å². The smallest absolute Gasteiger partial charge is 0.471 e. The molecule has 11 nitrogen and oxygen atoms in total. The van der Waals surface area contributed by atoms with Gasteiger partial charge in [-0.2, -0.15) is 13.2 Å². The third kappa shape index (κ3) is 8.44. The number of halogens is 4. The molecular formula is C49H58ClF3N4O7. The Labute approximate surface area is 377 Å². The fourth-order valence-electron chi connectivity index (χ4n) is 11.5. The quantitative estimate of drug-likeness (QED) is 0.195. The molecule has 2 aliphatic heterocycles. The van der Waals surface area contributed by atoms with Crippen molar-refractivity contribution in [3.8, 4) is 5.75 Å². The molecule has 5 aliphatic rings. The molecule has 3 fully saturated rings. The van der Waals surface area contributed by atoms with Crippen LogP contribution in [0.3, 0.4) is 0 Å². The first-order valence-electron chi connectivity index (χ1n) is 22.4. The molecule has 2 spiro atoms. The maximum atomic E-state index is 14.5. The highest BCUT2D eigenvalue weighted by Crippen LogP contribution is 2.58. The molecule has 3 amide bonds. The van der Waals surface area contributed by atoms with Crippen molar-refractivity contribution in [2.45, 2.75) is 121 Å². The Morgan fingerprint density at radius 2 is 1.67 bits per heavy atom. The summed E-state index contributed by atoms with van der Waals surface area (Å²) in [6.07, 6.45) is 0.804. The van der Waals surface area contributed by atoms with E-state index in [4.69, 9.17) is 25.8 Å². The number of alkyl halides is 3. The minimum Gasteiger partial charge on any atom is -0.493 e. The molecule has 2 saturated heterocycles. The molecule has 0 N–H and O–H groups in total. The van der Waals surface area contributed by atoms with Crippen molar-refractivity contribution in [3.63, 3.8) is 0 Å². The SMILES string of the molecule is COC(=O)C1(N(C(=O)C(F)(F)F)c2cccc(Cl)c2)CCC2(CC1)c1cc(C(=O)N3CC4(CN(C(=O)OC(C)(C)C)C4)C3)ccc1C[C@@H]2C[C@@H](C)COc1ccnc2c1[C@H](C)CCC2. The molecule has 3 aromatic rings. The van der Waals surface area contributed by atoms with Crippen LogP contribution >= 0.6 is 11.6 Å². The minimum atomic E-state index is -5.31. The molecule has 0 radical (unpaired) electrons. The van der Waals surface area contributed by atoms with Crippen LogP contribution in [0.15, 0.2) is 54.7 Å². The number of carbonyl (C=O) groups is 4. The molecule has 1 saturated carbocycles. The van der Waals surface area contributed by atoms with Crippen LogP contribution in [-0.4, -0.2) is 95.9 Å². The highest BCUT2D eigenvalue weighted by molar-refractivity contribution is 6.31. The Balaban J connectivity index is 1.08. The van der Waals surface area contributed by atoms with Gasteiger partial charge in [0.2, 0.25) is 0 Å². The summed E-state index contributed by atoms with van der Waals surface area (Å²) in [5.41, 5.74) is 1.15. The number of ether oxygens (including phenoxy) is 3. The second-order valence-electron chi connectivity index (χ2n) is 20.2. The monoisotopic (exact) mass is 906 g/mol. The zero-order valence-corrected chi connectivity index (χ0v) is 38.2. The summed E-state index contributed by atoms with van der Waals surface area (Å²) in [6, 6.07) is 13.3. The molecule has 0 bridgehead atoms. The highest BCUT2D eigenvalue weighted by Gasteiger charge is 2.61. The number of fused-ring (bicyclic) bond motifs is 3. The van der Waals surface area contributed by atoms with Crippen molar-refractivity contribution in [2.24, 2.45) is 17.3 Å². The molecule has 15 heteroatoms. The lowest BCUT2D eigenvalue weighted by Crippen LogP contribution is -2.73. The molecule has 3 aliphatic carbocycles. The van der Waals surface area contributed by atoms with Crippen LogP contribution in [0.4, 0.5) is 23.7 Å². The Hall–Kier alpha value is -4.85. The molecule has 64 heavy (non-hydrogen) atoms. The van der Waals surface area contributed by atoms with Crippen molar-refractivity contribution >= 4 is 41.2 Å². The Morgan fingerprint density at radius 1 is 0.969 bits per heavy atom. The van der Waals surface area contributed by atoms with Gasteiger partial charge in [-0.05, 0) is 149 Å². The van der Waals surface area contributed by atoms with E-state index in [0.717, 1.165) is 54.5 Å². The number of hydrogen-bond acceptors (Lipinski definition) is 8. The fourth-order valence-corrected chi connectivity index (χ4v) is 11.7. The van der Waals surface area contributed by atoms with Gasteiger partial charge in [0.25, 0.3) is 5.91 Å². The van der Waals surface area contributed by atoms with Crippen LogP contribution in [0.25, 0.3) is 0 Å². The lowest BCUT2D eigenvalue weighted by atomic mass is 9.59. The van der Waals surface area contributed by atoms with E-state index in [1.165, 1.54) is 24.3 Å². The van der Waals surface area contributed by atoms with Gasteiger partial charge in [0.1, 0.15) is 16.9 Å². The summed E-state index contributed by atoms with van der Waals surface area (Å²) < 4.78 is 61.0. The minimum absolute atomic E-state index is 0.0218. The number of methoxy groups -OCH3 is 1. The predicted molar refractivity (Wildman–Crippen MR) is 235 cm³/mol. The van der Waals surface area contributed by atoms with E-state index in [1.54, 1.807) is 16.0 Å². The average Bonchev–Trinajstić information content (AvgIpc) is 3.49. The zero-order valence-electron chi connectivity index (χ0n) is 37.5. The van der Waals surface area contributed by atoms with E-state index in [1.807, 2.05) is 45.0 Å². The molecule has 8 rings (SSSR count). The molecule has 3 atom stereocenters. The first kappa shape index (κ1) is 45.7. The van der Waals surface area contributed by atoms with E-state index < -0.39 is 34.6 Å². The molecule has 0 unspecified atom stereocenters. The van der Waals surface area contributed by atoms with Crippen molar-refractivity contribution < 1.29 is 46.6 Å². The molecule has 2 aromatic carbocycles. The number of anilines is 1. The van der Waals surface area contributed by atoms with Crippen LogP contribution in [0, 0.1) is 17.3 Å². The van der Waals surface area contributed by atoms with Crippen LogP contribution < -0.4 is 9.64 Å². The van der Waals surface area contributed by atoms with E-state index in [-0.39, 0.29) is 65.6 Å². The van der Waals surface area contributed by atoms with E-state index >= 15 is 0 Å². The summed E-state index contributed by atoms with van der Waals surface area (Å²) in [7, 11) is 1.12. The van der Waals surface area contributed by atoms with Gasteiger partial charge >= 0.3 is 24.1 Å². The normalized spacial score (nSPS) is 25.1. The number of carbonyl (C=O) groups excluding carboxylic acids is 4. The summed E-state index contributed by atoms with van der Waals surface area (Å²) in [5.74, 6) is -2.04. The van der Waals surface area contributed by atoms with Crippen molar-refractivity contribution in [1.82, 2.24) is 14.8 Å². The number of aryl methyl sites for hydroxylation is 1. The number of aromatic nitrogens is 1. The van der Waals surface area contributed by atoms with Gasteiger partial charge in [0.05, 0.1) is 13.7 Å². The van der Waals surface area contributed by atoms with Crippen LogP contribution in [0.5, 0.6) is 5.75 Å². The number of hydrogen-bond donors (Lipinski definition) is 0. The van der Waals surface area contributed by atoms with Crippen molar-refractivity contribution in [1.29, 1.82) is 0 Å². The highest BCUT2D eigenvalue weighted by atomic mass is 35.5. The zero-order chi connectivity index (χ0) is 46.0. The third-order valence-electron chi connectivity index (χ3n) is 14.4. The topological polar surface area (TPSA) is 119 Å². The maximum Gasteiger partial charge on any atom is 0.471 e. The average molecular weight is 907 g/mol. The first-order chi connectivity index (χ1) is 30.2. The van der Waals surface area contributed by atoms with Crippen LogP contribution in [0.2, 0.25) is 5.02 Å². The summed E-state index contributed by atoms with van der Waals surface area (Å²) >= 11 is 6.28. The molecule has 1 aromatic heterocycles. The van der Waals surface area contributed by atoms with E-state index in [9.17, 15) is 32.3 Å². The maximum absolute atomic E-state index is 14.5. The van der Waals surface area contributed by atoms with Crippen LogP contribution in [-0.2, 0) is 37.3 Å². The standard InChI is InChI=1S/C49H58ClF3N4O7/c1-30(25-63-39-15-20-54-38-12-7-9-31(2)40(38)39)21-34-22-32-13-14-33(41(58)55-26-46(27-55)28-56(29-46)44(61)64-45(3,4)5)23-37(32)47(34)16-18-48(19-17-47,43(60)62-6)57(42(59)49(51,52)53)36-11-8-10-35(50)24-36/h8,10-11,13-15,20,23-24,30-31,34H,7,9,12,16-19,21-22,25-29H2,1-6H3/t30-,31-,34+,47?,48?/m1/s1. The summed E-state index contributed by atoms with van der Waals surface area (Å²) in [6.45, 7) is 12.3. The van der Waals surface area contributed by atoms with Gasteiger partial charge in [0.15, 0.2) is 0 Å². The second kappa shape index (κ2) is 16.9. The summed E-state index contributed by atoms with van der Waals surface area (Å²) in [5, 5.41) is 0.107. The van der Waals surface area contributed by atoms with Crippen LogP contribution in [0.1, 0.15) is 118 Å². The van der Waals surface area contributed by atoms with E-state index in [0.29, 0.717) is 62.0 Å². The van der Waals surface area contributed by atoms with Gasteiger partial charge < -0.3 is 24.0 Å². The Morgan fingerprint density at radius 3 is 2.33 bits per heavy atom. The number of nitrogens with zero attached hydrogens (tertiary/aromatic N) is 4. The van der Waals surface area contributed by atoms with E-state index in [2.05, 4.69) is 18.8 Å². The van der Waals surface area contributed by atoms with Gasteiger partial charge in [-0.15, -0.1) is 0 Å². The van der Waals surface area contributed by atoms with Gasteiger partial charge in [-0.3, -0.25) is 19.5 Å². The van der Waals surface area contributed by atoms with Crippen molar-refractivity contribution in [2.75, 3.05) is 44.8 Å². The Kier molecular flexibility index (Phi) is 12.0. The Bertz CT molecular complexity index is 2310. The van der Waals surface area contributed by atoms with Crippen molar-refractivity contribution in [3.05, 3.63) is 87.7 Å². The third-order valence-corrected chi connectivity index (χ3v) is 14.7. The predicted octanol–water partition coefficient (Wildman–Crippen LogP) is 9.46. The number of pyridine rings is 1. The molecule has 3 heterocycles. The second-order valence-corrected chi connectivity index (χ2v) is 20.6. The molecular weight excluding hydrogens is 849 g/mol. The number of rotatable bonds is 9. The summed E-state index contributed by atoms with van der Waals surface area (Å²) in [4.78, 5) is 63.0. The number of benzene rings is 2. The largest absolute Gasteiger partial charge is 0.493 e. The number of amides is 3. The first-order valence-corrected chi connectivity index (χ1v) is 22.8. The lowest BCUT2D eigenvalue weighted by Gasteiger charge is -2.59. The number of esters is 1. The van der Waals surface area contributed by atoms with Gasteiger partial charge in [-0.1, -0.05) is 37.6 Å². The molecule has 344 valence electrons. The lowest BCUT2D eigenvalue weighted by molar-refractivity contribution is -0.174. The number of likely N-dealkylation sites (tertiary alicyclic amines) is 2.